The summed E-state index contributed by atoms with van der Waals surface area (Å²) in [4.78, 5) is 4.47. The molecule has 1 aromatic carbocycles. The van der Waals surface area contributed by atoms with E-state index in [1.54, 1.807) is 12.1 Å². The van der Waals surface area contributed by atoms with Crippen LogP contribution >= 0.6 is 0 Å². The third-order valence-corrected chi connectivity index (χ3v) is 3.40. The number of hydrogen-bond donors (Lipinski definition) is 2. The summed E-state index contributed by atoms with van der Waals surface area (Å²) in [6.45, 7) is 6.25. The highest BCUT2D eigenvalue weighted by molar-refractivity contribution is 5.79. The number of benzene rings is 1. The van der Waals surface area contributed by atoms with Gasteiger partial charge in [0.15, 0.2) is 5.96 Å². The van der Waals surface area contributed by atoms with Gasteiger partial charge >= 0.3 is 6.61 Å². The number of aryl methyl sites for hydroxylation is 1. The Morgan fingerprint density at radius 2 is 2.00 bits per heavy atom. The molecule has 0 radical (unpaired) electrons. The second-order valence-electron chi connectivity index (χ2n) is 5.52. The highest BCUT2D eigenvalue weighted by Gasteiger charge is 2.10. The van der Waals surface area contributed by atoms with Crippen molar-refractivity contribution in [3.8, 4) is 5.75 Å². The molecule has 0 amide bonds. The number of halogens is 2. The zero-order chi connectivity index (χ0) is 18.5. The molecule has 5 nitrogen and oxygen atoms in total. The Bertz CT molecular complexity index is 525. The van der Waals surface area contributed by atoms with Gasteiger partial charge in [-0.15, -0.1) is 0 Å². The number of aliphatic imine (C=N–C) groups is 1. The van der Waals surface area contributed by atoms with E-state index in [-0.39, 0.29) is 12.3 Å². The SMILES string of the molecule is CCNC(=NCc1cc(C)ccc1OC(F)F)NCCCCOCC. The molecule has 1 rings (SSSR count). The molecular formula is C18H29F2N3O2. The summed E-state index contributed by atoms with van der Waals surface area (Å²) in [5.41, 5.74) is 1.61. The van der Waals surface area contributed by atoms with E-state index in [0.29, 0.717) is 11.5 Å². The van der Waals surface area contributed by atoms with E-state index in [1.807, 2.05) is 26.8 Å². The van der Waals surface area contributed by atoms with Gasteiger partial charge in [-0.2, -0.15) is 8.78 Å². The van der Waals surface area contributed by atoms with E-state index in [0.717, 1.165) is 44.7 Å². The van der Waals surface area contributed by atoms with Crippen LogP contribution in [0.3, 0.4) is 0 Å². The van der Waals surface area contributed by atoms with Gasteiger partial charge in [0.05, 0.1) is 6.54 Å². The molecule has 0 spiro atoms. The largest absolute Gasteiger partial charge is 0.434 e. The maximum atomic E-state index is 12.5. The van der Waals surface area contributed by atoms with E-state index in [1.165, 1.54) is 0 Å². The van der Waals surface area contributed by atoms with Gasteiger partial charge in [-0.1, -0.05) is 17.7 Å². The van der Waals surface area contributed by atoms with Gasteiger partial charge in [-0.3, -0.25) is 0 Å². The average Bonchev–Trinajstić information content (AvgIpc) is 2.57. The Balaban J connectivity index is 2.62. The minimum Gasteiger partial charge on any atom is -0.434 e. The van der Waals surface area contributed by atoms with E-state index in [4.69, 9.17) is 4.74 Å². The van der Waals surface area contributed by atoms with Crippen molar-refractivity contribution < 1.29 is 18.3 Å². The van der Waals surface area contributed by atoms with Crippen LogP contribution in [0.15, 0.2) is 23.2 Å². The fourth-order valence-corrected chi connectivity index (χ4v) is 2.23. The van der Waals surface area contributed by atoms with Crippen LogP contribution in [0.25, 0.3) is 0 Å². The summed E-state index contributed by atoms with van der Waals surface area (Å²) in [5.74, 6) is 0.820. The van der Waals surface area contributed by atoms with Gasteiger partial charge < -0.3 is 20.1 Å². The number of alkyl halides is 2. The van der Waals surface area contributed by atoms with Gasteiger partial charge in [0.1, 0.15) is 5.75 Å². The molecule has 0 bridgehead atoms. The maximum Gasteiger partial charge on any atom is 0.387 e. The van der Waals surface area contributed by atoms with E-state index >= 15 is 0 Å². The summed E-state index contributed by atoms with van der Waals surface area (Å²) < 4.78 is 34.9. The normalized spacial score (nSPS) is 11.7. The van der Waals surface area contributed by atoms with Gasteiger partial charge in [0, 0.05) is 31.9 Å². The van der Waals surface area contributed by atoms with Gasteiger partial charge in [-0.05, 0) is 39.7 Å². The van der Waals surface area contributed by atoms with E-state index in [2.05, 4.69) is 20.4 Å². The van der Waals surface area contributed by atoms with Crippen molar-refractivity contribution in [2.75, 3.05) is 26.3 Å². The number of rotatable bonds is 11. The first-order chi connectivity index (χ1) is 12.1. The summed E-state index contributed by atoms with van der Waals surface area (Å²) in [6, 6.07) is 5.11. The Kier molecular flexibility index (Phi) is 10.6. The van der Waals surface area contributed by atoms with Gasteiger partial charge in [-0.25, -0.2) is 4.99 Å². The Hall–Kier alpha value is -1.89. The molecule has 0 saturated carbocycles. The second kappa shape index (κ2) is 12.5. The van der Waals surface area contributed by atoms with Crippen molar-refractivity contribution in [3.05, 3.63) is 29.3 Å². The molecule has 7 heteroatoms. The highest BCUT2D eigenvalue weighted by atomic mass is 19.3. The zero-order valence-electron chi connectivity index (χ0n) is 15.3. The summed E-state index contributed by atoms with van der Waals surface area (Å²) in [5, 5.41) is 6.39. The van der Waals surface area contributed by atoms with Crippen LogP contribution in [-0.2, 0) is 11.3 Å². The molecule has 0 fully saturated rings. The highest BCUT2D eigenvalue weighted by Crippen LogP contribution is 2.22. The van der Waals surface area contributed by atoms with Crippen molar-refractivity contribution in [3.63, 3.8) is 0 Å². The lowest BCUT2D eigenvalue weighted by atomic mass is 10.1. The molecule has 0 aliphatic heterocycles. The van der Waals surface area contributed by atoms with Crippen LogP contribution in [0, 0.1) is 6.92 Å². The van der Waals surface area contributed by atoms with Crippen molar-refractivity contribution >= 4 is 5.96 Å². The van der Waals surface area contributed by atoms with Crippen molar-refractivity contribution in [2.24, 2.45) is 4.99 Å². The minimum absolute atomic E-state index is 0.164. The van der Waals surface area contributed by atoms with Crippen LogP contribution in [0.2, 0.25) is 0 Å². The molecule has 2 N–H and O–H groups in total. The molecule has 0 saturated heterocycles. The Morgan fingerprint density at radius 3 is 2.68 bits per heavy atom. The quantitative estimate of drug-likeness (QED) is 0.362. The number of nitrogens with one attached hydrogen (secondary N) is 2. The van der Waals surface area contributed by atoms with E-state index in [9.17, 15) is 8.78 Å². The number of unbranched alkanes of at least 4 members (excludes halogenated alkanes) is 1. The molecule has 0 aliphatic rings. The summed E-state index contributed by atoms with van der Waals surface area (Å²) in [6.07, 6.45) is 1.94. The molecular weight excluding hydrogens is 328 g/mol. The molecule has 0 aliphatic carbocycles. The van der Waals surface area contributed by atoms with Gasteiger partial charge in [0.25, 0.3) is 0 Å². The van der Waals surface area contributed by atoms with Crippen molar-refractivity contribution in [1.29, 1.82) is 0 Å². The average molecular weight is 357 g/mol. The minimum atomic E-state index is -2.85. The number of hydrogen-bond acceptors (Lipinski definition) is 3. The summed E-state index contributed by atoms with van der Waals surface area (Å²) >= 11 is 0. The zero-order valence-corrected chi connectivity index (χ0v) is 15.3. The number of guanidine groups is 1. The van der Waals surface area contributed by atoms with Crippen LogP contribution < -0.4 is 15.4 Å². The lowest BCUT2D eigenvalue weighted by Crippen LogP contribution is -2.37. The topological polar surface area (TPSA) is 54.9 Å². The third kappa shape index (κ3) is 9.24. The van der Waals surface area contributed by atoms with Crippen LogP contribution in [0.4, 0.5) is 8.78 Å². The van der Waals surface area contributed by atoms with Crippen LogP contribution in [0.5, 0.6) is 5.75 Å². The molecule has 0 atom stereocenters. The summed E-state index contributed by atoms with van der Waals surface area (Å²) in [7, 11) is 0. The van der Waals surface area contributed by atoms with Gasteiger partial charge in [0.2, 0.25) is 0 Å². The van der Waals surface area contributed by atoms with Crippen molar-refractivity contribution in [2.45, 2.75) is 46.8 Å². The van der Waals surface area contributed by atoms with E-state index < -0.39 is 6.61 Å². The smallest absolute Gasteiger partial charge is 0.387 e. The predicted octanol–water partition coefficient (Wildman–Crippen LogP) is 3.47. The molecule has 0 unspecified atom stereocenters. The first kappa shape index (κ1) is 21.2. The lowest BCUT2D eigenvalue weighted by molar-refractivity contribution is -0.0504. The Morgan fingerprint density at radius 1 is 1.20 bits per heavy atom. The molecule has 0 aromatic heterocycles. The molecule has 142 valence electrons. The maximum absolute atomic E-state index is 12.5. The monoisotopic (exact) mass is 357 g/mol. The number of nitrogens with zero attached hydrogens (tertiary/aromatic N) is 1. The fraction of sp³-hybridized carbons (Fsp3) is 0.611. The second-order valence-corrected chi connectivity index (χ2v) is 5.52. The first-order valence-electron chi connectivity index (χ1n) is 8.71. The molecule has 0 heterocycles. The Labute approximate surface area is 148 Å². The lowest BCUT2D eigenvalue weighted by Gasteiger charge is -2.13. The predicted molar refractivity (Wildman–Crippen MR) is 96.4 cm³/mol. The molecule has 1 aromatic rings. The number of ether oxygens (including phenoxy) is 2. The third-order valence-electron chi connectivity index (χ3n) is 3.40. The fourth-order valence-electron chi connectivity index (χ4n) is 2.23. The first-order valence-corrected chi connectivity index (χ1v) is 8.71. The standard InChI is InChI=1S/C18H29F2N3O2/c1-4-21-18(22-10-6-7-11-24-5-2)23-13-15-12-14(3)8-9-16(15)25-17(19)20/h8-9,12,17H,4-7,10-11,13H2,1-3H3,(H2,21,22,23). The molecule has 25 heavy (non-hydrogen) atoms. The van der Waals surface area contributed by atoms with Crippen LogP contribution in [-0.4, -0.2) is 38.9 Å². The van der Waals surface area contributed by atoms with Crippen molar-refractivity contribution in [1.82, 2.24) is 10.6 Å². The van der Waals surface area contributed by atoms with Crippen LogP contribution in [0.1, 0.15) is 37.8 Å².